The Hall–Kier alpha value is -5.19. The zero-order valence-corrected chi connectivity index (χ0v) is 21.8. The van der Waals surface area contributed by atoms with Crippen molar-refractivity contribution in [3.05, 3.63) is 66.9 Å². The van der Waals surface area contributed by atoms with E-state index in [2.05, 4.69) is 35.5 Å². The van der Waals surface area contributed by atoms with Crippen LogP contribution in [-0.4, -0.2) is 48.1 Å². The number of ether oxygens (including phenoxy) is 1. The molecule has 0 radical (unpaired) electrons. The number of nitrogens with zero attached hydrogens (tertiary/aromatic N) is 5. The molecule has 0 aliphatic rings. The number of pyridine rings is 3. The van der Waals surface area contributed by atoms with Crippen LogP contribution in [-0.2, 0) is 4.79 Å². The summed E-state index contributed by atoms with van der Waals surface area (Å²) >= 11 is 0. The molecule has 0 saturated carbocycles. The molecule has 0 unspecified atom stereocenters. The molecule has 11 heteroatoms. The van der Waals surface area contributed by atoms with Crippen LogP contribution in [0, 0.1) is 5.82 Å². The number of aromatic nitrogens is 7. The molecular formula is C29H25FN8O2. The summed E-state index contributed by atoms with van der Waals surface area (Å²) in [4.78, 5) is 33.7. The van der Waals surface area contributed by atoms with Crippen molar-refractivity contribution < 1.29 is 13.9 Å². The second-order valence-corrected chi connectivity index (χ2v) is 9.30. The summed E-state index contributed by atoms with van der Waals surface area (Å²) in [5, 5.41) is 10.4. The smallest absolute Gasteiger partial charge is 0.224 e. The maximum Gasteiger partial charge on any atom is 0.224 e. The lowest BCUT2D eigenvalue weighted by Gasteiger charge is -2.07. The van der Waals surface area contributed by atoms with Gasteiger partial charge in [-0.25, -0.2) is 19.3 Å². The summed E-state index contributed by atoms with van der Waals surface area (Å²) in [7, 11) is 1.49. The maximum atomic E-state index is 14.2. The highest BCUT2D eigenvalue weighted by Crippen LogP contribution is 2.33. The van der Waals surface area contributed by atoms with Gasteiger partial charge in [0.25, 0.3) is 0 Å². The maximum absolute atomic E-state index is 14.2. The number of hydrogen-bond donors (Lipinski definition) is 3. The number of nitrogens with one attached hydrogen (secondary N) is 3. The summed E-state index contributed by atoms with van der Waals surface area (Å²) in [6.07, 6.45) is 7.17. The zero-order valence-electron chi connectivity index (χ0n) is 21.8. The second kappa shape index (κ2) is 10.5. The first-order valence-electron chi connectivity index (χ1n) is 12.8. The lowest BCUT2D eigenvalue weighted by atomic mass is 10.1. The fourth-order valence-corrected chi connectivity index (χ4v) is 4.53. The van der Waals surface area contributed by atoms with E-state index in [1.165, 1.54) is 19.2 Å². The van der Waals surface area contributed by atoms with Crippen molar-refractivity contribution in [3.63, 3.8) is 0 Å². The lowest BCUT2D eigenvalue weighted by molar-refractivity contribution is -0.116. The molecule has 1 aromatic carbocycles. The Bertz CT molecular complexity index is 1860. The van der Waals surface area contributed by atoms with E-state index in [1.807, 2.05) is 25.1 Å². The average molecular weight is 537 g/mol. The predicted octanol–water partition coefficient (Wildman–Crippen LogP) is 5.90. The number of hydrogen-bond acceptors (Lipinski definition) is 7. The Balaban J connectivity index is 1.38. The van der Waals surface area contributed by atoms with E-state index in [0.717, 1.165) is 29.5 Å². The van der Waals surface area contributed by atoms with Crippen molar-refractivity contribution in [1.82, 2.24) is 35.1 Å². The minimum absolute atomic E-state index is 0.0455. The highest BCUT2D eigenvalue weighted by molar-refractivity contribution is 5.95. The molecule has 40 heavy (non-hydrogen) atoms. The molecule has 0 saturated heterocycles. The first-order valence-corrected chi connectivity index (χ1v) is 12.8. The minimum Gasteiger partial charge on any atom is -0.497 e. The molecule has 0 aliphatic heterocycles. The van der Waals surface area contributed by atoms with Crippen LogP contribution in [0.3, 0.4) is 0 Å². The number of unbranched alkanes of at least 4 members (excludes halogenated alkanes) is 1. The van der Waals surface area contributed by atoms with Gasteiger partial charge in [-0.2, -0.15) is 5.10 Å². The third-order valence-corrected chi connectivity index (χ3v) is 6.52. The third kappa shape index (κ3) is 4.84. The SMILES string of the molecule is CCCCC(=O)Nc1cncc(-c2ccc3[nH]nc(-c4nc5nccc(-c6cc(F)cc(OC)c6)c5[nH]4)c3n2)c1. The number of rotatable bonds is 8. The molecule has 5 aromatic heterocycles. The van der Waals surface area contributed by atoms with Crippen LogP contribution >= 0.6 is 0 Å². The van der Waals surface area contributed by atoms with E-state index in [0.29, 0.717) is 57.3 Å². The van der Waals surface area contributed by atoms with E-state index < -0.39 is 5.82 Å². The molecule has 0 fully saturated rings. The van der Waals surface area contributed by atoms with Crippen molar-refractivity contribution >= 4 is 33.8 Å². The number of carbonyl (C=O) groups excluding carboxylic acids is 1. The molecule has 6 rings (SSSR count). The minimum atomic E-state index is -0.409. The highest BCUT2D eigenvalue weighted by atomic mass is 19.1. The van der Waals surface area contributed by atoms with Gasteiger partial charge < -0.3 is 15.0 Å². The molecule has 6 aromatic rings. The van der Waals surface area contributed by atoms with E-state index >= 15 is 0 Å². The second-order valence-electron chi connectivity index (χ2n) is 9.30. The molecular weight excluding hydrogens is 511 g/mol. The van der Waals surface area contributed by atoms with E-state index in [-0.39, 0.29) is 5.91 Å². The number of benzene rings is 1. The number of methoxy groups -OCH3 is 1. The average Bonchev–Trinajstić information content (AvgIpc) is 3.59. The molecule has 0 spiro atoms. The van der Waals surface area contributed by atoms with Gasteiger partial charge in [0.05, 0.1) is 35.7 Å². The molecule has 10 nitrogen and oxygen atoms in total. The Kier molecular flexibility index (Phi) is 6.61. The van der Waals surface area contributed by atoms with Gasteiger partial charge in [-0.05, 0) is 48.4 Å². The third-order valence-electron chi connectivity index (χ3n) is 6.52. The fourth-order valence-electron chi connectivity index (χ4n) is 4.53. The van der Waals surface area contributed by atoms with Gasteiger partial charge >= 0.3 is 0 Å². The van der Waals surface area contributed by atoms with Crippen LogP contribution in [0.25, 0.3) is 56.1 Å². The largest absolute Gasteiger partial charge is 0.497 e. The molecule has 0 aliphatic carbocycles. The molecule has 1 amide bonds. The Morgan fingerprint density at radius 1 is 1.07 bits per heavy atom. The summed E-state index contributed by atoms with van der Waals surface area (Å²) in [6, 6.07) is 11.9. The molecule has 5 heterocycles. The van der Waals surface area contributed by atoms with Crippen LogP contribution in [0.2, 0.25) is 0 Å². The van der Waals surface area contributed by atoms with Gasteiger partial charge in [0.1, 0.15) is 17.1 Å². The quantitative estimate of drug-likeness (QED) is 0.220. The van der Waals surface area contributed by atoms with Crippen molar-refractivity contribution in [2.24, 2.45) is 0 Å². The monoisotopic (exact) mass is 536 g/mol. The van der Waals surface area contributed by atoms with Gasteiger partial charge in [0.2, 0.25) is 5.91 Å². The number of aromatic amines is 2. The van der Waals surface area contributed by atoms with Gasteiger partial charge in [0.15, 0.2) is 17.2 Å². The van der Waals surface area contributed by atoms with E-state index in [1.54, 1.807) is 30.7 Å². The van der Waals surface area contributed by atoms with Gasteiger partial charge in [-0.3, -0.25) is 14.9 Å². The number of amides is 1. The molecule has 0 bridgehead atoms. The number of carbonyl (C=O) groups is 1. The van der Waals surface area contributed by atoms with Crippen LogP contribution < -0.4 is 10.1 Å². The van der Waals surface area contributed by atoms with Crippen LogP contribution in [0.4, 0.5) is 10.1 Å². The lowest BCUT2D eigenvalue weighted by Crippen LogP contribution is -2.11. The number of imidazole rings is 1. The summed E-state index contributed by atoms with van der Waals surface area (Å²) < 4.78 is 19.5. The fraction of sp³-hybridized carbons (Fsp3) is 0.172. The number of H-pyrrole nitrogens is 2. The summed E-state index contributed by atoms with van der Waals surface area (Å²) in [6.45, 7) is 2.05. The normalized spacial score (nSPS) is 11.3. The number of anilines is 1. The summed E-state index contributed by atoms with van der Waals surface area (Å²) in [5.74, 6) is 0.419. The van der Waals surface area contributed by atoms with Crippen molar-refractivity contribution in [2.45, 2.75) is 26.2 Å². The van der Waals surface area contributed by atoms with Gasteiger partial charge in [-0.1, -0.05) is 13.3 Å². The van der Waals surface area contributed by atoms with Crippen LogP contribution in [0.15, 0.2) is 61.1 Å². The van der Waals surface area contributed by atoms with Crippen LogP contribution in [0.1, 0.15) is 26.2 Å². The molecule has 0 atom stereocenters. The standard InChI is InChI=1S/C29H25FN8O2/c1-3-4-5-24(39)33-19-11-17(14-31-15-19)22-6-7-23-26(34-22)27(38-37-23)29-35-25-21(8-9-32-28(25)36-29)16-10-18(30)13-20(12-16)40-2/h6-15H,3-5H2,1-2H3,(H,33,39)(H,37,38)(H,32,35,36). The van der Waals surface area contributed by atoms with Crippen LogP contribution in [0.5, 0.6) is 5.75 Å². The Morgan fingerprint density at radius 3 is 2.83 bits per heavy atom. The number of halogens is 1. The number of fused-ring (bicyclic) bond motifs is 2. The van der Waals surface area contributed by atoms with Crippen molar-refractivity contribution in [1.29, 1.82) is 0 Å². The van der Waals surface area contributed by atoms with Crippen molar-refractivity contribution in [2.75, 3.05) is 12.4 Å². The predicted molar refractivity (Wildman–Crippen MR) is 150 cm³/mol. The highest BCUT2D eigenvalue weighted by Gasteiger charge is 2.18. The van der Waals surface area contributed by atoms with Gasteiger partial charge in [-0.15, -0.1) is 0 Å². The Labute approximate surface area is 228 Å². The first kappa shape index (κ1) is 25.1. The van der Waals surface area contributed by atoms with E-state index in [4.69, 9.17) is 9.72 Å². The van der Waals surface area contributed by atoms with E-state index in [9.17, 15) is 9.18 Å². The topological polar surface area (TPSA) is 134 Å². The summed E-state index contributed by atoms with van der Waals surface area (Å²) in [5.41, 5.74) is 6.28. The zero-order chi connectivity index (χ0) is 27.6. The van der Waals surface area contributed by atoms with Crippen molar-refractivity contribution in [3.8, 4) is 39.7 Å². The molecule has 3 N–H and O–H groups in total. The van der Waals surface area contributed by atoms with Gasteiger partial charge in [0, 0.05) is 36.0 Å². The first-order chi connectivity index (χ1) is 19.5. The Morgan fingerprint density at radius 2 is 1.98 bits per heavy atom. The molecule has 200 valence electrons.